The van der Waals surface area contributed by atoms with Gasteiger partial charge in [-0.25, -0.2) is 14.6 Å². The molecule has 0 radical (unpaired) electrons. The number of halogens is 1. The van der Waals surface area contributed by atoms with Crippen LogP contribution in [0.4, 0.5) is 9.18 Å². The molecule has 2 aromatic rings. The topological polar surface area (TPSA) is 88.7 Å². The quantitative estimate of drug-likeness (QED) is 0.704. The highest BCUT2D eigenvalue weighted by Gasteiger charge is 2.24. The number of rotatable bonds is 4. The van der Waals surface area contributed by atoms with E-state index in [0.717, 1.165) is 5.56 Å². The van der Waals surface area contributed by atoms with Gasteiger partial charge in [-0.15, -0.1) is 0 Å². The Labute approximate surface area is 162 Å². The molecule has 0 unspecified atom stereocenters. The Morgan fingerprint density at radius 3 is 2.39 bits per heavy atom. The minimum Gasteiger partial charge on any atom is -0.486 e. The van der Waals surface area contributed by atoms with Gasteiger partial charge in [0.2, 0.25) is 0 Å². The predicted molar refractivity (Wildman–Crippen MR) is 101 cm³/mol. The SMILES string of the molecule is CC(C)(CNC(=O)NNC(=O)c1ccc(F)cc1)c1ccc2c(c1)OCCO2. The molecule has 0 fully saturated rings. The van der Waals surface area contributed by atoms with Gasteiger partial charge in [-0.05, 0) is 42.0 Å². The number of hydrazine groups is 1. The molecular weight excluding hydrogens is 365 g/mol. The van der Waals surface area contributed by atoms with Gasteiger partial charge in [0.05, 0.1) is 0 Å². The minimum absolute atomic E-state index is 0.235. The summed E-state index contributed by atoms with van der Waals surface area (Å²) in [5.74, 6) is 0.415. The highest BCUT2D eigenvalue weighted by molar-refractivity contribution is 5.95. The van der Waals surface area contributed by atoms with Gasteiger partial charge >= 0.3 is 6.03 Å². The summed E-state index contributed by atoms with van der Waals surface area (Å²) in [7, 11) is 0. The Morgan fingerprint density at radius 1 is 1.00 bits per heavy atom. The lowest BCUT2D eigenvalue weighted by molar-refractivity contribution is 0.0936. The standard InChI is InChI=1S/C20H22FN3O4/c1-20(2,14-5-8-16-17(11-14)28-10-9-27-16)12-22-19(26)24-23-18(25)13-3-6-15(21)7-4-13/h3-8,11H,9-10,12H2,1-2H3,(H,23,25)(H2,22,24,26). The molecule has 28 heavy (non-hydrogen) atoms. The van der Waals surface area contributed by atoms with Crippen molar-refractivity contribution in [1.82, 2.24) is 16.2 Å². The van der Waals surface area contributed by atoms with Crippen LogP contribution in [0.25, 0.3) is 0 Å². The van der Waals surface area contributed by atoms with E-state index in [-0.39, 0.29) is 11.0 Å². The molecule has 2 aromatic carbocycles. The monoisotopic (exact) mass is 387 g/mol. The summed E-state index contributed by atoms with van der Waals surface area (Å²) in [5, 5.41) is 2.72. The van der Waals surface area contributed by atoms with Crippen LogP contribution in [0.2, 0.25) is 0 Å². The second-order valence-electron chi connectivity index (χ2n) is 7.01. The Hall–Kier alpha value is -3.29. The van der Waals surface area contributed by atoms with E-state index in [1.54, 1.807) is 0 Å². The van der Waals surface area contributed by atoms with E-state index in [2.05, 4.69) is 16.2 Å². The molecule has 148 valence electrons. The molecule has 0 bridgehead atoms. The van der Waals surface area contributed by atoms with Gasteiger partial charge in [-0.2, -0.15) is 0 Å². The molecule has 3 rings (SSSR count). The molecule has 0 aliphatic carbocycles. The Morgan fingerprint density at radius 2 is 1.68 bits per heavy atom. The van der Waals surface area contributed by atoms with Gasteiger partial charge in [0.1, 0.15) is 19.0 Å². The van der Waals surface area contributed by atoms with Crippen molar-refractivity contribution < 1.29 is 23.5 Å². The molecule has 3 amide bonds. The summed E-state index contributed by atoms with van der Waals surface area (Å²) >= 11 is 0. The first kappa shape index (κ1) is 19.5. The maximum atomic E-state index is 12.9. The number of amides is 3. The largest absolute Gasteiger partial charge is 0.486 e. The molecule has 1 aliphatic rings. The third kappa shape index (κ3) is 4.70. The number of carbonyl (C=O) groups excluding carboxylic acids is 2. The van der Waals surface area contributed by atoms with Gasteiger partial charge in [0.25, 0.3) is 5.91 Å². The molecule has 0 aromatic heterocycles. The second kappa shape index (κ2) is 8.16. The molecule has 0 spiro atoms. The Kier molecular flexibility index (Phi) is 5.67. The van der Waals surface area contributed by atoms with Crippen molar-refractivity contribution in [3.63, 3.8) is 0 Å². The van der Waals surface area contributed by atoms with Crippen LogP contribution in [0, 0.1) is 5.82 Å². The fraction of sp³-hybridized carbons (Fsp3) is 0.300. The molecule has 0 saturated carbocycles. The summed E-state index contributed by atoms with van der Waals surface area (Å²) in [6.07, 6.45) is 0. The number of urea groups is 1. The number of nitrogens with one attached hydrogen (secondary N) is 3. The second-order valence-corrected chi connectivity index (χ2v) is 7.01. The first-order valence-corrected chi connectivity index (χ1v) is 8.85. The first-order valence-electron chi connectivity index (χ1n) is 8.85. The van der Waals surface area contributed by atoms with E-state index in [9.17, 15) is 14.0 Å². The molecule has 0 atom stereocenters. The smallest absolute Gasteiger partial charge is 0.333 e. The average molecular weight is 387 g/mol. The van der Waals surface area contributed by atoms with Crippen LogP contribution in [-0.4, -0.2) is 31.7 Å². The Balaban J connectivity index is 1.51. The fourth-order valence-electron chi connectivity index (χ4n) is 2.70. The van der Waals surface area contributed by atoms with E-state index in [0.29, 0.717) is 31.3 Å². The molecule has 3 N–H and O–H groups in total. The lowest BCUT2D eigenvalue weighted by atomic mass is 9.84. The highest BCUT2D eigenvalue weighted by atomic mass is 19.1. The summed E-state index contributed by atoms with van der Waals surface area (Å²) in [6, 6.07) is 10.1. The van der Waals surface area contributed by atoms with Crippen LogP contribution in [-0.2, 0) is 5.41 Å². The van der Waals surface area contributed by atoms with Crippen LogP contribution in [0.5, 0.6) is 11.5 Å². The zero-order valence-corrected chi connectivity index (χ0v) is 15.7. The average Bonchev–Trinajstić information content (AvgIpc) is 2.70. The zero-order valence-electron chi connectivity index (χ0n) is 15.7. The predicted octanol–water partition coefficient (Wildman–Crippen LogP) is 2.52. The van der Waals surface area contributed by atoms with Crippen LogP contribution in [0.15, 0.2) is 42.5 Å². The van der Waals surface area contributed by atoms with Crippen molar-refractivity contribution in [3.05, 3.63) is 59.4 Å². The summed E-state index contributed by atoms with van der Waals surface area (Å²) in [5.41, 5.74) is 5.39. The van der Waals surface area contributed by atoms with Crippen molar-refractivity contribution in [2.75, 3.05) is 19.8 Å². The van der Waals surface area contributed by atoms with Crippen molar-refractivity contribution in [1.29, 1.82) is 0 Å². The van der Waals surface area contributed by atoms with Crippen molar-refractivity contribution in [2.24, 2.45) is 0 Å². The normalized spacial score (nSPS) is 12.8. The maximum absolute atomic E-state index is 12.9. The number of hydrogen-bond donors (Lipinski definition) is 3. The van der Waals surface area contributed by atoms with E-state index in [1.165, 1.54) is 24.3 Å². The molecule has 1 aliphatic heterocycles. The van der Waals surface area contributed by atoms with Gasteiger partial charge in [-0.3, -0.25) is 10.2 Å². The van der Waals surface area contributed by atoms with Crippen LogP contribution >= 0.6 is 0 Å². The van der Waals surface area contributed by atoms with Crippen molar-refractivity contribution in [2.45, 2.75) is 19.3 Å². The van der Waals surface area contributed by atoms with Crippen molar-refractivity contribution in [3.8, 4) is 11.5 Å². The summed E-state index contributed by atoms with van der Waals surface area (Å²) < 4.78 is 24.0. The minimum atomic E-state index is -0.555. The van der Waals surface area contributed by atoms with Crippen LogP contribution in [0.3, 0.4) is 0 Å². The lowest BCUT2D eigenvalue weighted by Gasteiger charge is -2.27. The van der Waals surface area contributed by atoms with Gasteiger partial charge in [0, 0.05) is 17.5 Å². The van der Waals surface area contributed by atoms with Gasteiger partial charge in [0.15, 0.2) is 11.5 Å². The number of hydrogen-bond acceptors (Lipinski definition) is 4. The highest BCUT2D eigenvalue weighted by Crippen LogP contribution is 2.34. The van der Waals surface area contributed by atoms with E-state index in [4.69, 9.17) is 9.47 Å². The zero-order chi connectivity index (χ0) is 20.1. The summed E-state index contributed by atoms with van der Waals surface area (Å²) in [4.78, 5) is 23.9. The fourth-order valence-corrected chi connectivity index (χ4v) is 2.70. The van der Waals surface area contributed by atoms with E-state index >= 15 is 0 Å². The molecular formula is C20H22FN3O4. The summed E-state index contributed by atoms with van der Waals surface area (Å²) in [6.45, 7) is 5.32. The Bertz CT molecular complexity index is 868. The first-order chi connectivity index (χ1) is 13.3. The van der Waals surface area contributed by atoms with Gasteiger partial charge < -0.3 is 14.8 Å². The number of fused-ring (bicyclic) bond motifs is 1. The van der Waals surface area contributed by atoms with E-state index < -0.39 is 17.8 Å². The maximum Gasteiger partial charge on any atom is 0.333 e. The van der Waals surface area contributed by atoms with Crippen molar-refractivity contribution >= 4 is 11.9 Å². The molecule has 1 heterocycles. The number of benzene rings is 2. The lowest BCUT2D eigenvalue weighted by Crippen LogP contribution is -2.49. The number of ether oxygens (including phenoxy) is 2. The third-order valence-electron chi connectivity index (χ3n) is 4.41. The van der Waals surface area contributed by atoms with Gasteiger partial charge in [-0.1, -0.05) is 19.9 Å². The van der Waals surface area contributed by atoms with Crippen LogP contribution < -0.4 is 25.6 Å². The van der Waals surface area contributed by atoms with Crippen LogP contribution in [0.1, 0.15) is 29.8 Å². The molecule has 0 saturated heterocycles. The third-order valence-corrected chi connectivity index (χ3v) is 4.41. The molecule has 7 nitrogen and oxygen atoms in total. The number of carbonyl (C=O) groups is 2. The van der Waals surface area contributed by atoms with E-state index in [1.807, 2.05) is 32.0 Å². The molecule has 8 heteroatoms.